The van der Waals surface area contributed by atoms with Gasteiger partial charge in [0.2, 0.25) is 5.91 Å². The number of esters is 1. The van der Waals surface area contributed by atoms with Crippen LogP contribution in [0, 0.1) is 11.3 Å². The van der Waals surface area contributed by atoms with Crippen LogP contribution in [0.3, 0.4) is 0 Å². The highest BCUT2D eigenvalue weighted by atomic mass is 35.5. The number of hydrogen-bond acceptors (Lipinski definition) is 4. The molecular weight excluding hydrogens is 256 g/mol. The van der Waals surface area contributed by atoms with Crippen LogP contribution in [0.2, 0.25) is 0 Å². The van der Waals surface area contributed by atoms with Gasteiger partial charge in [0.15, 0.2) is 0 Å². The molecule has 0 aromatic carbocycles. The fourth-order valence-corrected chi connectivity index (χ4v) is 2.71. The van der Waals surface area contributed by atoms with Crippen LogP contribution in [0.5, 0.6) is 0 Å². The van der Waals surface area contributed by atoms with Crippen LogP contribution in [0.25, 0.3) is 0 Å². The molecule has 0 bridgehead atoms. The molecule has 104 valence electrons. The zero-order valence-corrected chi connectivity index (χ0v) is 11.5. The summed E-state index contributed by atoms with van der Waals surface area (Å²) in [5.41, 5.74) is 0.264. The fourth-order valence-electron chi connectivity index (χ4n) is 2.71. The first kappa shape index (κ1) is 15.2. The number of nitrogens with one attached hydrogen (secondary N) is 2. The van der Waals surface area contributed by atoms with Crippen LogP contribution >= 0.6 is 12.4 Å². The van der Waals surface area contributed by atoms with Crippen molar-refractivity contribution < 1.29 is 14.3 Å². The van der Waals surface area contributed by atoms with E-state index >= 15 is 0 Å². The second kappa shape index (κ2) is 6.38. The van der Waals surface area contributed by atoms with E-state index in [9.17, 15) is 9.59 Å². The van der Waals surface area contributed by atoms with E-state index in [-0.39, 0.29) is 42.0 Å². The third-order valence-corrected chi connectivity index (χ3v) is 3.96. The molecule has 1 spiro atoms. The maximum Gasteiger partial charge on any atom is 0.307 e. The highest BCUT2D eigenvalue weighted by Gasteiger charge is 2.57. The van der Waals surface area contributed by atoms with Gasteiger partial charge in [-0.1, -0.05) is 0 Å². The Kier molecular flexibility index (Phi) is 5.41. The molecule has 1 saturated carbocycles. The Morgan fingerprint density at radius 3 is 2.67 bits per heavy atom. The summed E-state index contributed by atoms with van der Waals surface area (Å²) in [6, 6.07) is 0. The molecule has 0 aromatic rings. The number of hydrogen-bond donors (Lipinski definition) is 2. The predicted octanol–water partition coefficient (Wildman–Crippen LogP) is 0.477. The summed E-state index contributed by atoms with van der Waals surface area (Å²) in [7, 11) is 1.36. The highest BCUT2D eigenvalue weighted by molar-refractivity contribution is 5.85. The predicted molar refractivity (Wildman–Crippen MR) is 69.5 cm³/mol. The lowest BCUT2D eigenvalue weighted by molar-refractivity contribution is -0.140. The van der Waals surface area contributed by atoms with Gasteiger partial charge in [0.05, 0.1) is 13.5 Å². The van der Waals surface area contributed by atoms with Crippen molar-refractivity contribution in [1.82, 2.24) is 10.6 Å². The summed E-state index contributed by atoms with van der Waals surface area (Å²) in [6.45, 7) is 2.42. The second-order valence-corrected chi connectivity index (χ2v) is 4.99. The summed E-state index contributed by atoms with van der Waals surface area (Å²) in [6.07, 6.45) is 3.46. The maximum atomic E-state index is 11.9. The smallest absolute Gasteiger partial charge is 0.307 e. The zero-order chi connectivity index (χ0) is 12.3. The molecule has 2 fully saturated rings. The summed E-state index contributed by atoms with van der Waals surface area (Å²) in [4.78, 5) is 22.8. The molecule has 1 heterocycles. The number of methoxy groups -OCH3 is 1. The van der Waals surface area contributed by atoms with E-state index in [2.05, 4.69) is 15.4 Å². The lowest BCUT2D eigenvalue weighted by atomic mass is 9.92. The van der Waals surface area contributed by atoms with E-state index in [1.54, 1.807) is 0 Å². The minimum Gasteiger partial charge on any atom is -0.469 e. The molecule has 6 heteroatoms. The number of piperidine rings is 1. The van der Waals surface area contributed by atoms with E-state index in [4.69, 9.17) is 0 Å². The van der Waals surface area contributed by atoms with Gasteiger partial charge in [0.25, 0.3) is 0 Å². The van der Waals surface area contributed by atoms with Gasteiger partial charge in [-0.25, -0.2) is 0 Å². The zero-order valence-electron chi connectivity index (χ0n) is 10.7. The van der Waals surface area contributed by atoms with Crippen LogP contribution in [0.15, 0.2) is 0 Å². The Hall–Kier alpha value is -0.810. The molecule has 1 amide bonds. The molecule has 18 heavy (non-hydrogen) atoms. The highest BCUT2D eigenvalue weighted by Crippen LogP contribution is 2.58. The fraction of sp³-hybridized carbons (Fsp3) is 0.833. The average Bonchev–Trinajstić information content (AvgIpc) is 3.03. The molecule has 1 aliphatic carbocycles. The van der Waals surface area contributed by atoms with Gasteiger partial charge in [0.1, 0.15) is 0 Å². The van der Waals surface area contributed by atoms with Crippen molar-refractivity contribution in [3.63, 3.8) is 0 Å². The van der Waals surface area contributed by atoms with Crippen LogP contribution in [-0.2, 0) is 14.3 Å². The minimum absolute atomic E-state index is 0. The van der Waals surface area contributed by atoms with E-state index < -0.39 is 0 Å². The van der Waals surface area contributed by atoms with E-state index in [0.717, 1.165) is 32.4 Å². The Labute approximate surface area is 113 Å². The van der Waals surface area contributed by atoms with Gasteiger partial charge in [0, 0.05) is 12.5 Å². The van der Waals surface area contributed by atoms with E-state index in [0.29, 0.717) is 6.54 Å². The first-order chi connectivity index (χ1) is 8.18. The number of halogens is 1. The Morgan fingerprint density at radius 2 is 2.06 bits per heavy atom. The van der Waals surface area contributed by atoms with Gasteiger partial charge in [-0.05, 0) is 37.8 Å². The molecule has 1 atom stereocenters. The minimum atomic E-state index is -0.280. The van der Waals surface area contributed by atoms with Crippen molar-refractivity contribution in [2.75, 3.05) is 26.7 Å². The van der Waals surface area contributed by atoms with E-state index in [1.165, 1.54) is 7.11 Å². The topological polar surface area (TPSA) is 67.4 Å². The Balaban J connectivity index is 0.00000162. The third-order valence-electron chi connectivity index (χ3n) is 3.96. The first-order valence-corrected chi connectivity index (χ1v) is 6.23. The third kappa shape index (κ3) is 3.36. The largest absolute Gasteiger partial charge is 0.469 e. The molecule has 1 aliphatic heterocycles. The molecule has 5 nitrogen and oxygen atoms in total. The summed E-state index contributed by atoms with van der Waals surface area (Å²) in [5, 5.41) is 6.13. The van der Waals surface area contributed by atoms with Crippen LogP contribution < -0.4 is 10.6 Å². The number of rotatable bonds is 4. The average molecular weight is 277 g/mol. The van der Waals surface area contributed by atoms with Crippen molar-refractivity contribution >= 4 is 24.3 Å². The molecule has 1 saturated heterocycles. The molecule has 2 N–H and O–H groups in total. The monoisotopic (exact) mass is 276 g/mol. The van der Waals surface area contributed by atoms with Crippen molar-refractivity contribution in [3.05, 3.63) is 0 Å². The lowest BCUT2D eigenvalue weighted by Crippen LogP contribution is -2.34. The van der Waals surface area contributed by atoms with Crippen molar-refractivity contribution in [1.29, 1.82) is 0 Å². The van der Waals surface area contributed by atoms with Gasteiger partial charge >= 0.3 is 5.97 Å². The van der Waals surface area contributed by atoms with Crippen molar-refractivity contribution in [3.8, 4) is 0 Å². The van der Waals surface area contributed by atoms with E-state index in [1.807, 2.05) is 0 Å². The van der Waals surface area contributed by atoms with Gasteiger partial charge in [-0.2, -0.15) is 0 Å². The summed E-state index contributed by atoms with van der Waals surface area (Å²) < 4.78 is 4.52. The molecule has 0 radical (unpaired) electrons. The van der Waals surface area contributed by atoms with Crippen LogP contribution in [0.1, 0.15) is 25.7 Å². The second-order valence-electron chi connectivity index (χ2n) is 4.99. The summed E-state index contributed by atoms with van der Waals surface area (Å²) >= 11 is 0. The molecule has 1 unspecified atom stereocenters. The van der Waals surface area contributed by atoms with Crippen LogP contribution in [0.4, 0.5) is 0 Å². The molecule has 0 aromatic heterocycles. The molecular formula is C12H21ClN2O3. The van der Waals surface area contributed by atoms with Crippen molar-refractivity contribution in [2.24, 2.45) is 11.3 Å². The lowest BCUT2D eigenvalue weighted by Gasteiger charge is -2.23. The van der Waals surface area contributed by atoms with Gasteiger partial charge in [-0.15, -0.1) is 12.4 Å². The first-order valence-electron chi connectivity index (χ1n) is 6.23. The SMILES string of the molecule is COC(=O)CCNC(=O)C1CC12CCNCC2.Cl. The summed E-state index contributed by atoms with van der Waals surface area (Å²) in [5.74, 6) is -0.00396. The Bertz CT molecular complexity index is 316. The number of amides is 1. The Morgan fingerprint density at radius 1 is 1.39 bits per heavy atom. The molecule has 2 rings (SSSR count). The quantitative estimate of drug-likeness (QED) is 0.733. The number of carbonyl (C=O) groups is 2. The standard InChI is InChI=1S/C12H20N2O3.ClH/c1-17-10(15)2-5-14-11(16)9-8-12(9)3-6-13-7-4-12;/h9,13H,2-8H2,1H3,(H,14,16);1H. The number of carbonyl (C=O) groups excluding carboxylic acids is 2. The van der Waals surface area contributed by atoms with Crippen LogP contribution in [-0.4, -0.2) is 38.6 Å². The van der Waals surface area contributed by atoms with Crippen molar-refractivity contribution in [2.45, 2.75) is 25.7 Å². The molecule has 2 aliphatic rings. The maximum absolute atomic E-state index is 11.9. The number of ether oxygens (including phenoxy) is 1. The van der Waals surface area contributed by atoms with Gasteiger partial charge < -0.3 is 15.4 Å². The normalized spacial score (nSPS) is 23.9. The van der Waals surface area contributed by atoms with Gasteiger partial charge in [-0.3, -0.25) is 9.59 Å².